The average molecular weight is 268 g/mol. The highest BCUT2D eigenvalue weighted by atomic mass is 35.5. The summed E-state index contributed by atoms with van der Waals surface area (Å²) in [7, 11) is 0. The lowest BCUT2D eigenvalue weighted by molar-refractivity contribution is 0.234. The van der Waals surface area contributed by atoms with Crippen molar-refractivity contribution < 1.29 is 4.74 Å². The molecule has 1 aliphatic rings. The maximum atomic E-state index is 6.18. The van der Waals surface area contributed by atoms with Crippen molar-refractivity contribution in [2.24, 2.45) is 11.7 Å². The zero-order valence-corrected chi connectivity index (χ0v) is 11.6. The highest BCUT2D eigenvalue weighted by molar-refractivity contribution is 6.32. The Morgan fingerprint density at radius 3 is 2.50 bits per heavy atom. The van der Waals surface area contributed by atoms with Gasteiger partial charge >= 0.3 is 0 Å². The molecule has 0 heterocycles. The molecule has 1 saturated carbocycles. The minimum atomic E-state index is 0.516. The number of benzene rings is 1. The molecule has 1 aromatic carbocycles. The van der Waals surface area contributed by atoms with Crippen LogP contribution in [0, 0.1) is 5.92 Å². The highest BCUT2D eigenvalue weighted by Gasteiger charge is 2.13. The quantitative estimate of drug-likeness (QED) is 0.832. The van der Waals surface area contributed by atoms with Gasteiger partial charge < -0.3 is 10.5 Å². The molecule has 0 aromatic heterocycles. The van der Waals surface area contributed by atoms with E-state index in [1.807, 2.05) is 18.2 Å². The van der Waals surface area contributed by atoms with Crippen molar-refractivity contribution in [1.29, 1.82) is 0 Å². The molecule has 0 saturated heterocycles. The van der Waals surface area contributed by atoms with E-state index in [2.05, 4.69) is 0 Å². The summed E-state index contributed by atoms with van der Waals surface area (Å²) >= 11 is 6.18. The van der Waals surface area contributed by atoms with Gasteiger partial charge in [0.2, 0.25) is 0 Å². The first-order valence-corrected chi connectivity index (χ1v) is 7.28. The molecule has 1 aliphatic carbocycles. The van der Waals surface area contributed by atoms with Crippen molar-refractivity contribution in [3.05, 3.63) is 28.8 Å². The van der Waals surface area contributed by atoms with Crippen molar-refractivity contribution in [3.63, 3.8) is 0 Å². The van der Waals surface area contributed by atoms with E-state index in [4.69, 9.17) is 22.1 Å². The van der Waals surface area contributed by atoms with E-state index in [0.29, 0.717) is 17.5 Å². The van der Waals surface area contributed by atoms with Crippen LogP contribution in [-0.2, 0) is 6.54 Å². The highest BCUT2D eigenvalue weighted by Crippen LogP contribution is 2.28. The topological polar surface area (TPSA) is 35.2 Å². The van der Waals surface area contributed by atoms with E-state index < -0.39 is 0 Å². The number of rotatable bonds is 4. The lowest BCUT2D eigenvalue weighted by atomic mass is 10.0. The van der Waals surface area contributed by atoms with Gasteiger partial charge in [0.15, 0.2) is 0 Å². The van der Waals surface area contributed by atoms with E-state index in [1.165, 1.54) is 38.5 Å². The molecule has 2 rings (SSSR count). The van der Waals surface area contributed by atoms with Crippen LogP contribution in [-0.4, -0.2) is 6.61 Å². The number of hydrogen-bond donors (Lipinski definition) is 1. The van der Waals surface area contributed by atoms with Crippen LogP contribution >= 0.6 is 11.6 Å². The van der Waals surface area contributed by atoms with Gasteiger partial charge in [-0.15, -0.1) is 0 Å². The second kappa shape index (κ2) is 7.01. The van der Waals surface area contributed by atoms with E-state index in [0.717, 1.165) is 17.9 Å². The molecular formula is C15H22ClNO. The molecule has 100 valence electrons. The summed E-state index contributed by atoms with van der Waals surface area (Å²) in [6.45, 7) is 1.31. The van der Waals surface area contributed by atoms with Gasteiger partial charge in [-0.2, -0.15) is 0 Å². The number of halogens is 1. The largest absolute Gasteiger partial charge is 0.492 e. The maximum Gasteiger partial charge on any atom is 0.137 e. The van der Waals surface area contributed by atoms with E-state index in [1.54, 1.807) is 0 Å². The molecule has 1 fully saturated rings. The lowest BCUT2D eigenvalue weighted by Gasteiger charge is -2.16. The molecule has 2 N–H and O–H groups in total. The van der Waals surface area contributed by atoms with Gasteiger partial charge in [0, 0.05) is 6.54 Å². The van der Waals surface area contributed by atoms with Crippen molar-refractivity contribution in [2.45, 2.75) is 45.1 Å². The van der Waals surface area contributed by atoms with Gasteiger partial charge in [0.25, 0.3) is 0 Å². The van der Waals surface area contributed by atoms with Crippen molar-refractivity contribution in [2.75, 3.05) is 6.61 Å². The van der Waals surface area contributed by atoms with Crippen LogP contribution in [0.5, 0.6) is 5.75 Å². The first-order valence-electron chi connectivity index (χ1n) is 6.91. The summed E-state index contributed by atoms with van der Waals surface area (Å²) in [5, 5.41) is 0.673. The SMILES string of the molecule is NCc1ccc(OCC2CCCCCC2)c(Cl)c1. The minimum Gasteiger partial charge on any atom is -0.492 e. The molecule has 1 aromatic rings. The van der Waals surface area contributed by atoms with Gasteiger partial charge in [-0.3, -0.25) is 0 Å². The normalized spacial score (nSPS) is 17.4. The molecule has 2 nitrogen and oxygen atoms in total. The van der Waals surface area contributed by atoms with Crippen LogP contribution in [0.1, 0.15) is 44.1 Å². The molecule has 18 heavy (non-hydrogen) atoms. The molecule has 0 atom stereocenters. The molecule has 0 aliphatic heterocycles. The second-order valence-corrected chi connectivity index (χ2v) is 5.54. The monoisotopic (exact) mass is 267 g/mol. The Morgan fingerprint density at radius 1 is 1.17 bits per heavy atom. The van der Waals surface area contributed by atoms with Crippen LogP contribution in [0.15, 0.2) is 18.2 Å². The molecule has 3 heteroatoms. The summed E-state index contributed by atoms with van der Waals surface area (Å²) in [5.74, 6) is 1.48. The molecule has 0 unspecified atom stereocenters. The van der Waals surface area contributed by atoms with Crippen LogP contribution in [0.2, 0.25) is 5.02 Å². The third-order valence-electron chi connectivity index (χ3n) is 3.68. The Bertz CT molecular complexity index is 373. The fraction of sp³-hybridized carbons (Fsp3) is 0.600. The first kappa shape index (κ1) is 13.7. The average Bonchev–Trinajstić information content (AvgIpc) is 2.66. The van der Waals surface area contributed by atoms with Gasteiger partial charge in [-0.25, -0.2) is 0 Å². The van der Waals surface area contributed by atoms with Crippen molar-refractivity contribution >= 4 is 11.6 Å². The molecular weight excluding hydrogens is 246 g/mol. The Hall–Kier alpha value is -0.730. The number of ether oxygens (including phenoxy) is 1. The molecule has 0 radical (unpaired) electrons. The van der Waals surface area contributed by atoms with Crippen LogP contribution in [0.25, 0.3) is 0 Å². The zero-order chi connectivity index (χ0) is 12.8. The van der Waals surface area contributed by atoms with Crippen LogP contribution in [0.3, 0.4) is 0 Å². The van der Waals surface area contributed by atoms with Gasteiger partial charge in [-0.05, 0) is 36.5 Å². The second-order valence-electron chi connectivity index (χ2n) is 5.14. The van der Waals surface area contributed by atoms with Crippen LogP contribution < -0.4 is 10.5 Å². The van der Waals surface area contributed by atoms with Crippen molar-refractivity contribution in [3.8, 4) is 5.75 Å². The molecule has 0 bridgehead atoms. The maximum absolute atomic E-state index is 6.18. The molecule has 0 spiro atoms. The van der Waals surface area contributed by atoms with Gasteiger partial charge in [0.1, 0.15) is 5.75 Å². The lowest BCUT2D eigenvalue weighted by Crippen LogP contribution is -2.11. The van der Waals surface area contributed by atoms with E-state index in [-0.39, 0.29) is 0 Å². The van der Waals surface area contributed by atoms with Crippen LogP contribution in [0.4, 0.5) is 0 Å². The van der Waals surface area contributed by atoms with E-state index >= 15 is 0 Å². The predicted molar refractivity (Wildman–Crippen MR) is 76.0 cm³/mol. The van der Waals surface area contributed by atoms with Gasteiger partial charge in [0.05, 0.1) is 11.6 Å². The van der Waals surface area contributed by atoms with Crippen molar-refractivity contribution in [1.82, 2.24) is 0 Å². The Kier molecular flexibility index (Phi) is 5.33. The fourth-order valence-corrected chi connectivity index (χ4v) is 2.78. The third kappa shape index (κ3) is 3.89. The summed E-state index contributed by atoms with van der Waals surface area (Å²) in [6, 6.07) is 5.81. The Labute approximate surface area is 114 Å². The summed E-state index contributed by atoms with van der Waals surface area (Å²) in [4.78, 5) is 0. The minimum absolute atomic E-state index is 0.516. The predicted octanol–water partition coefficient (Wildman–Crippen LogP) is 4.15. The zero-order valence-electron chi connectivity index (χ0n) is 10.8. The number of nitrogens with two attached hydrogens (primary N) is 1. The smallest absolute Gasteiger partial charge is 0.137 e. The summed E-state index contributed by atoms with van der Waals surface area (Å²) in [5.41, 5.74) is 6.62. The Balaban J connectivity index is 1.88. The standard InChI is InChI=1S/C15H22ClNO/c16-14-9-13(10-17)7-8-15(14)18-11-12-5-3-1-2-4-6-12/h7-9,12H,1-6,10-11,17H2. The molecule has 0 amide bonds. The van der Waals surface area contributed by atoms with Gasteiger partial charge in [-0.1, -0.05) is 43.4 Å². The first-order chi connectivity index (χ1) is 8.79. The third-order valence-corrected chi connectivity index (χ3v) is 3.98. The summed E-state index contributed by atoms with van der Waals surface area (Å²) < 4.78 is 5.86. The summed E-state index contributed by atoms with van der Waals surface area (Å²) in [6.07, 6.45) is 8.02. The fourth-order valence-electron chi connectivity index (χ4n) is 2.53. The van der Waals surface area contributed by atoms with E-state index in [9.17, 15) is 0 Å². The Morgan fingerprint density at radius 2 is 1.89 bits per heavy atom. The number of hydrogen-bond acceptors (Lipinski definition) is 2.